The second-order valence-corrected chi connectivity index (χ2v) is 18.1. The average molecular weight is 767 g/mol. The van der Waals surface area contributed by atoms with E-state index in [-0.39, 0.29) is 0 Å². The molecule has 0 amide bonds. The highest BCUT2D eigenvalue weighted by atomic mass is 32.1. The molecule has 0 aliphatic heterocycles. The van der Waals surface area contributed by atoms with E-state index in [0.29, 0.717) is 0 Å². The van der Waals surface area contributed by atoms with Gasteiger partial charge in [-0.05, 0) is 123 Å². The molecule has 12 aromatic carbocycles. The molecule has 0 unspecified atom stereocenters. The summed E-state index contributed by atoms with van der Waals surface area (Å²) < 4.78 is 5.35. The highest BCUT2D eigenvalue weighted by molar-refractivity contribution is 7.26. The third kappa shape index (κ3) is 4.18. The lowest BCUT2D eigenvalue weighted by Crippen LogP contribution is -1.89. The molecule has 0 saturated heterocycles. The molecule has 266 valence electrons. The Balaban J connectivity index is 0.951. The topological polar surface area (TPSA) is 0 Å². The van der Waals surface area contributed by atoms with Gasteiger partial charge in [-0.3, -0.25) is 0 Å². The van der Waals surface area contributed by atoms with Crippen LogP contribution >= 0.6 is 22.7 Å². The van der Waals surface area contributed by atoms with Gasteiger partial charge in [0.2, 0.25) is 0 Å². The quantitative estimate of drug-likeness (QED) is 0.157. The number of hydrogen-bond donors (Lipinski definition) is 0. The zero-order chi connectivity index (χ0) is 37.6. The smallest absolute Gasteiger partial charge is 0.0434 e. The van der Waals surface area contributed by atoms with E-state index in [1.165, 1.54) is 138 Å². The molecular weight excluding hydrogens is 737 g/mol. The molecule has 2 heteroatoms. The van der Waals surface area contributed by atoms with E-state index in [1.54, 1.807) is 0 Å². The number of thiophene rings is 2. The molecule has 0 aliphatic rings. The highest BCUT2D eigenvalue weighted by Crippen LogP contribution is 2.47. The van der Waals surface area contributed by atoms with Crippen LogP contribution in [0.25, 0.3) is 138 Å². The minimum Gasteiger partial charge on any atom is -0.135 e. The summed E-state index contributed by atoms with van der Waals surface area (Å²) >= 11 is 3.80. The fourth-order valence-electron chi connectivity index (χ4n) is 10.3. The van der Waals surface area contributed by atoms with Crippen LogP contribution in [0.15, 0.2) is 182 Å². The van der Waals surface area contributed by atoms with Gasteiger partial charge in [0.25, 0.3) is 0 Å². The van der Waals surface area contributed by atoms with Crippen molar-refractivity contribution >= 4 is 128 Å². The van der Waals surface area contributed by atoms with E-state index >= 15 is 0 Å². The SMILES string of the molecule is c1cc2ccc3ccc(-c4ccc5sc6ccc(-c7ccc8ccc9c(-c%10cccc%11c%10sc%10ccccc%10%11)ccc%10ccc7c8c%109)cc6c5c4)c4ccc(c1)c2c34. The maximum absolute atomic E-state index is 2.45. The lowest BCUT2D eigenvalue weighted by molar-refractivity contribution is 1.71. The van der Waals surface area contributed by atoms with Crippen LogP contribution in [-0.2, 0) is 0 Å². The maximum atomic E-state index is 2.45. The van der Waals surface area contributed by atoms with Gasteiger partial charge in [0.1, 0.15) is 0 Å². The van der Waals surface area contributed by atoms with Gasteiger partial charge in [0, 0.05) is 45.9 Å². The van der Waals surface area contributed by atoms with Crippen LogP contribution in [0.4, 0.5) is 0 Å². The summed E-state index contributed by atoms with van der Waals surface area (Å²) in [5.74, 6) is 0. The highest BCUT2D eigenvalue weighted by Gasteiger charge is 2.19. The molecule has 0 N–H and O–H groups in total. The number of benzene rings is 12. The molecule has 0 radical (unpaired) electrons. The van der Waals surface area contributed by atoms with Crippen molar-refractivity contribution in [3.8, 4) is 33.4 Å². The van der Waals surface area contributed by atoms with Gasteiger partial charge >= 0.3 is 0 Å². The number of hydrogen-bond acceptors (Lipinski definition) is 2. The van der Waals surface area contributed by atoms with Crippen molar-refractivity contribution in [2.75, 3.05) is 0 Å². The van der Waals surface area contributed by atoms with E-state index in [9.17, 15) is 0 Å². The van der Waals surface area contributed by atoms with Crippen LogP contribution in [0.1, 0.15) is 0 Å². The van der Waals surface area contributed by atoms with Crippen molar-refractivity contribution in [2.24, 2.45) is 0 Å². The van der Waals surface area contributed by atoms with Gasteiger partial charge in [-0.25, -0.2) is 0 Å². The molecule has 0 aliphatic carbocycles. The molecule has 0 fully saturated rings. The standard InChI is InChI=1S/C56H30S2/c1-2-10-49-41(7-1)46-9-4-8-45(56(46)58-49)40-23-15-35-17-25-43-39(22-14-34-18-26-44(40)55(35)54(34)43)37-20-28-51-48(30-37)47-29-36(19-27-50(47)57-51)38-21-13-33-12-11-31-5-3-6-32-16-24-42(38)53(33)52(31)32/h1-30H. The molecule has 0 atom stereocenters. The fourth-order valence-corrected chi connectivity index (χ4v) is 12.6. The maximum Gasteiger partial charge on any atom is 0.0434 e. The van der Waals surface area contributed by atoms with E-state index in [4.69, 9.17) is 0 Å². The van der Waals surface area contributed by atoms with Gasteiger partial charge < -0.3 is 0 Å². The Morgan fingerprint density at radius 1 is 0.241 bits per heavy atom. The predicted molar refractivity (Wildman–Crippen MR) is 256 cm³/mol. The molecule has 58 heavy (non-hydrogen) atoms. The Hall–Kier alpha value is -6.84. The van der Waals surface area contributed by atoms with Crippen molar-refractivity contribution in [3.05, 3.63) is 182 Å². The van der Waals surface area contributed by atoms with Crippen molar-refractivity contribution in [2.45, 2.75) is 0 Å². The third-order valence-corrected chi connectivity index (χ3v) is 15.4. The number of fused-ring (bicyclic) bond motifs is 6. The summed E-state index contributed by atoms with van der Waals surface area (Å²) in [5, 5.41) is 21.2. The first-order valence-corrected chi connectivity index (χ1v) is 21.6. The molecule has 0 saturated carbocycles. The van der Waals surface area contributed by atoms with Crippen molar-refractivity contribution in [1.82, 2.24) is 0 Å². The summed E-state index contributed by atoms with van der Waals surface area (Å²) in [6.07, 6.45) is 0. The van der Waals surface area contributed by atoms with E-state index < -0.39 is 0 Å². The minimum atomic E-state index is 1.26. The summed E-state index contributed by atoms with van der Waals surface area (Å²) in [5.41, 5.74) is 7.71. The van der Waals surface area contributed by atoms with E-state index in [0.717, 1.165) is 0 Å². The van der Waals surface area contributed by atoms with Crippen molar-refractivity contribution in [1.29, 1.82) is 0 Å². The zero-order valence-electron chi connectivity index (χ0n) is 31.1. The largest absolute Gasteiger partial charge is 0.135 e. The Labute approximate surface area is 341 Å². The monoisotopic (exact) mass is 766 g/mol. The normalized spacial score (nSPS) is 12.5. The fraction of sp³-hybridized carbons (Fsp3) is 0. The average Bonchev–Trinajstić information content (AvgIpc) is 3.85. The van der Waals surface area contributed by atoms with Crippen LogP contribution in [0.3, 0.4) is 0 Å². The van der Waals surface area contributed by atoms with Crippen LogP contribution in [0.5, 0.6) is 0 Å². The van der Waals surface area contributed by atoms with Gasteiger partial charge in [-0.15, -0.1) is 22.7 Å². The van der Waals surface area contributed by atoms with Crippen LogP contribution < -0.4 is 0 Å². The summed E-state index contributed by atoms with van der Waals surface area (Å²) in [4.78, 5) is 0. The molecule has 0 bridgehead atoms. The zero-order valence-corrected chi connectivity index (χ0v) is 32.8. The predicted octanol–water partition coefficient (Wildman–Crippen LogP) is 17.2. The second kappa shape index (κ2) is 11.4. The molecule has 14 aromatic rings. The molecule has 2 aromatic heterocycles. The first-order valence-electron chi connectivity index (χ1n) is 20.0. The Kier molecular flexibility index (Phi) is 6.14. The molecule has 2 heterocycles. The Morgan fingerprint density at radius 3 is 1.34 bits per heavy atom. The van der Waals surface area contributed by atoms with Gasteiger partial charge in [-0.2, -0.15) is 0 Å². The van der Waals surface area contributed by atoms with Gasteiger partial charge in [-0.1, -0.05) is 152 Å². The lowest BCUT2D eigenvalue weighted by Gasteiger charge is -2.17. The summed E-state index contributed by atoms with van der Waals surface area (Å²) in [6.45, 7) is 0. The van der Waals surface area contributed by atoms with Crippen molar-refractivity contribution in [3.63, 3.8) is 0 Å². The summed E-state index contributed by atoms with van der Waals surface area (Å²) in [6, 6.07) is 69.0. The molecule has 0 nitrogen and oxygen atoms in total. The molecule has 14 rings (SSSR count). The molecular formula is C56H30S2. The first kappa shape index (κ1) is 31.3. The third-order valence-electron chi connectivity index (χ3n) is 13.0. The Bertz CT molecular complexity index is 4010. The minimum absolute atomic E-state index is 1.26. The van der Waals surface area contributed by atoms with E-state index in [2.05, 4.69) is 182 Å². The van der Waals surface area contributed by atoms with Crippen molar-refractivity contribution < 1.29 is 0 Å². The molecule has 0 spiro atoms. The van der Waals surface area contributed by atoms with Crippen LogP contribution in [0, 0.1) is 0 Å². The first-order chi connectivity index (χ1) is 28.7. The number of rotatable bonds is 3. The lowest BCUT2D eigenvalue weighted by atomic mass is 9.87. The Morgan fingerprint density at radius 2 is 0.707 bits per heavy atom. The van der Waals surface area contributed by atoms with Gasteiger partial charge in [0.05, 0.1) is 0 Å². The van der Waals surface area contributed by atoms with Gasteiger partial charge in [0.15, 0.2) is 0 Å². The van der Waals surface area contributed by atoms with E-state index in [1.807, 2.05) is 22.7 Å². The van der Waals surface area contributed by atoms with Crippen LogP contribution in [-0.4, -0.2) is 0 Å². The second-order valence-electron chi connectivity index (χ2n) is 15.9. The van der Waals surface area contributed by atoms with Crippen LogP contribution in [0.2, 0.25) is 0 Å². The summed E-state index contributed by atoms with van der Waals surface area (Å²) in [7, 11) is 0.